The van der Waals surface area contributed by atoms with Gasteiger partial charge in [0.15, 0.2) is 9.84 Å². The number of hydrogen-bond donors (Lipinski definition) is 2. The molecule has 6 nitrogen and oxygen atoms in total. The normalized spacial score (nSPS) is 19.3. The maximum absolute atomic E-state index is 12.4. The van der Waals surface area contributed by atoms with Crippen molar-refractivity contribution in [1.29, 1.82) is 0 Å². The van der Waals surface area contributed by atoms with E-state index in [0.717, 1.165) is 19.3 Å². The van der Waals surface area contributed by atoms with Crippen LogP contribution in [0.5, 0.6) is 0 Å². The van der Waals surface area contributed by atoms with E-state index < -0.39 is 25.4 Å². The molecule has 1 aliphatic heterocycles. The summed E-state index contributed by atoms with van der Waals surface area (Å²) in [4.78, 5) is 0.184. The number of rotatable bonds is 4. The van der Waals surface area contributed by atoms with Crippen LogP contribution in [0.25, 0.3) is 0 Å². The summed E-state index contributed by atoms with van der Waals surface area (Å²) in [7, 11) is -6.98. The Hall–Kier alpha value is -0.960. The minimum absolute atomic E-state index is 0.0784. The molecular weight excluding hydrogens is 312 g/mol. The van der Waals surface area contributed by atoms with Gasteiger partial charge in [0.05, 0.1) is 9.79 Å². The molecule has 0 bridgehead atoms. The molecule has 1 aliphatic rings. The first-order chi connectivity index (χ1) is 9.62. The second kappa shape index (κ2) is 5.68. The summed E-state index contributed by atoms with van der Waals surface area (Å²) in [5, 5.41) is 3.19. The molecule has 1 fully saturated rings. The summed E-state index contributed by atoms with van der Waals surface area (Å²) in [6.45, 7) is 3.42. The van der Waals surface area contributed by atoms with Crippen LogP contribution < -0.4 is 10.0 Å². The molecule has 0 saturated carbocycles. The van der Waals surface area contributed by atoms with Gasteiger partial charge in [-0.15, -0.1) is 0 Å². The Labute approximate surface area is 125 Å². The van der Waals surface area contributed by atoms with Crippen LogP contribution in [0.2, 0.25) is 0 Å². The second-order valence-electron chi connectivity index (χ2n) is 5.66. The fourth-order valence-corrected chi connectivity index (χ4v) is 4.43. The van der Waals surface area contributed by atoms with Crippen LogP contribution in [-0.4, -0.2) is 41.7 Å². The Balaban J connectivity index is 2.23. The molecule has 1 aromatic rings. The van der Waals surface area contributed by atoms with Gasteiger partial charge in [-0.1, -0.05) is 0 Å². The topological polar surface area (TPSA) is 92.3 Å². The molecular formula is C13H20N2O4S2. The molecule has 0 unspecified atom stereocenters. The number of benzene rings is 1. The van der Waals surface area contributed by atoms with E-state index in [1.54, 1.807) is 0 Å². The third-order valence-corrected chi connectivity index (χ3v) is 6.43. The monoisotopic (exact) mass is 332 g/mol. The fraction of sp³-hybridized carbons (Fsp3) is 0.538. The zero-order valence-corrected chi connectivity index (χ0v) is 13.7. The summed E-state index contributed by atoms with van der Waals surface area (Å²) in [5.41, 5.74) is -0.473. The van der Waals surface area contributed by atoms with E-state index in [1.165, 1.54) is 24.3 Å². The molecule has 1 saturated heterocycles. The van der Waals surface area contributed by atoms with Gasteiger partial charge in [-0.3, -0.25) is 0 Å². The molecule has 0 atom stereocenters. The van der Waals surface area contributed by atoms with Crippen LogP contribution in [-0.2, 0) is 19.9 Å². The first kappa shape index (κ1) is 16.4. The Bertz CT molecular complexity index is 703. The van der Waals surface area contributed by atoms with Crippen molar-refractivity contribution in [3.8, 4) is 0 Å². The van der Waals surface area contributed by atoms with E-state index >= 15 is 0 Å². The summed E-state index contributed by atoms with van der Waals surface area (Å²) >= 11 is 0. The average Bonchev–Trinajstić information content (AvgIpc) is 2.37. The Morgan fingerprint density at radius 3 is 1.95 bits per heavy atom. The molecule has 2 rings (SSSR count). The van der Waals surface area contributed by atoms with E-state index in [9.17, 15) is 16.8 Å². The Morgan fingerprint density at radius 2 is 1.48 bits per heavy atom. The molecule has 1 heterocycles. The average molecular weight is 332 g/mol. The van der Waals surface area contributed by atoms with Gasteiger partial charge in [0, 0.05) is 11.8 Å². The van der Waals surface area contributed by atoms with Gasteiger partial charge in [0.25, 0.3) is 0 Å². The summed E-state index contributed by atoms with van der Waals surface area (Å²) in [6, 6.07) is 5.27. The first-order valence-corrected chi connectivity index (χ1v) is 10.0. The van der Waals surface area contributed by atoms with Gasteiger partial charge >= 0.3 is 0 Å². The van der Waals surface area contributed by atoms with Crippen molar-refractivity contribution in [3.05, 3.63) is 24.3 Å². The van der Waals surface area contributed by atoms with Gasteiger partial charge in [0.2, 0.25) is 10.0 Å². The Kier molecular flexibility index (Phi) is 4.44. The molecule has 0 spiro atoms. The van der Waals surface area contributed by atoms with Crippen molar-refractivity contribution in [2.24, 2.45) is 0 Å². The minimum atomic E-state index is -3.65. The zero-order chi connectivity index (χ0) is 15.7. The lowest BCUT2D eigenvalue weighted by Gasteiger charge is -2.34. The quantitative estimate of drug-likeness (QED) is 0.838. The van der Waals surface area contributed by atoms with Gasteiger partial charge < -0.3 is 5.32 Å². The van der Waals surface area contributed by atoms with Gasteiger partial charge in [-0.05, 0) is 57.1 Å². The SMILES string of the molecule is CC1(NS(=O)(=O)c2ccc(S(C)(=O)=O)cc2)CCNCC1. The van der Waals surface area contributed by atoms with Crippen molar-refractivity contribution in [2.45, 2.75) is 35.1 Å². The molecule has 0 aliphatic carbocycles. The van der Waals surface area contributed by atoms with Crippen LogP contribution in [0, 0.1) is 0 Å². The lowest BCUT2D eigenvalue weighted by atomic mass is 9.92. The second-order valence-corrected chi connectivity index (χ2v) is 9.36. The van der Waals surface area contributed by atoms with E-state index in [4.69, 9.17) is 0 Å². The smallest absolute Gasteiger partial charge is 0.241 e. The summed E-state index contributed by atoms with van der Waals surface area (Å²) < 4.78 is 50.3. The van der Waals surface area contributed by atoms with Crippen LogP contribution in [0.3, 0.4) is 0 Å². The number of piperidine rings is 1. The molecule has 2 N–H and O–H groups in total. The molecule has 118 valence electrons. The largest absolute Gasteiger partial charge is 0.317 e. The van der Waals surface area contributed by atoms with Crippen molar-refractivity contribution in [3.63, 3.8) is 0 Å². The van der Waals surface area contributed by atoms with Crippen molar-refractivity contribution >= 4 is 19.9 Å². The lowest BCUT2D eigenvalue weighted by molar-refractivity contribution is 0.308. The third-order valence-electron chi connectivity index (χ3n) is 3.65. The highest BCUT2D eigenvalue weighted by atomic mass is 32.2. The molecule has 1 aromatic carbocycles. The Morgan fingerprint density at radius 1 is 1.00 bits per heavy atom. The van der Waals surface area contributed by atoms with E-state index in [1.807, 2.05) is 6.92 Å². The first-order valence-electron chi connectivity index (χ1n) is 6.67. The summed E-state index contributed by atoms with van der Waals surface area (Å²) in [6.07, 6.45) is 2.52. The van der Waals surface area contributed by atoms with E-state index in [2.05, 4.69) is 10.0 Å². The van der Waals surface area contributed by atoms with Crippen LogP contribution in [0.1, 0.15) is 19.8 Å². The predicted molar refractivity (Wildman–Crippen MR) is 80.4 cm³/mol. The minimum Gasteiger partial charge on any atom is -0.317 e. The van der Waals surface area contributed by atoms with Crippen LogP contribution in [0.4, 0.5) is 0 Å². The fourth-order valence-electron chi connectivity index (χ4n) is 2.33. The maximum Gasteiger partial charge on any atom is 0.241 e. The molecule has 0 aromatic heterocycles. The van der Waals surface area contributed by atoms with Crippen molar-refractivity contribution in [1.82, 2.24) is 10.0 Å². The highest BCUT2D eigenvalue weighted by Crippen LogP contribution is 2.22. The van der Waals surface area contributed by atoms with Gasteiger partial charge in [-0.25, -0.2) is 21.6 Å². The number of nitrogens with one attached hydrogen (secondary N) is 2. The van der Waals surface area contributed by atoms with Crippen LogP contribution in [0.15, 0.2) is 34.1 Å². The van der Waals surface area contributed by atoms with Crippen molar-refractivity contribution in [2.75, 3.05) is 19.3 Å². The zero-order valence-electron chi connectivity index (χ0n) is 12.1. The highest BCUT2D eigenvalue weighted by molar-refractivity contribution is 7.90. The number of sulfonamides is 1. The summed E-state index contributed by atoms with van der Waals surface area (Å²) in [5.74, 6) is 0. The molecule has 21 heavy (non-hydrogen) atoms. The number of sulfone groups is 1. The van der Waals surface area contributed by atoms with Crippen LogP contribution >= 0.6 is 0 Å². The predicted octanol–water partition coefficient (Wildman–Crippen LogP) is 0.510. The van der Waals surface area contributed by atoms with E-state index in [0.29, 0.717) is 12.8 Å². The maximum atomic E-state index is 12.4. The lowest BCUT2D eigenvalue weighted by Crippen LogP contribution is -2.52. The van der Waals surface area contributed by atoms with E-state index in [-0.39, 0.29) is 9.79 Å². The molecule has 8 heteroatoms. The van der Waals surface area contributed by atoms with Gasteiger partial charge in [-0.2, -0.15) is 0 Å². The van der Waals surface area contributed by atoms with Crippen molar-refractivity contribution < 1.29 is 16.8 Å². The highest BCUT2D eigenvalue weighted by Gasteiger charge is 2.32. The number of hydrogen-bond acceptors (Lipinski definition) is 5. The standard InChI is InChI=1S/C13H20N2O4S2/c1-13(7-9-14-10-8-13)15-21(18,19)12-5-3-11(4-6-12)20(2,16)17/h3-6,14-15H,7-10H2,1-2H3. The molecule has 0 amide bonds. The van der Waals surface area contributed by atoms with Gasteiger partial charge in [0.1, 0.15) is 0 Å². The third kappa shape index (κ3) is 4.03. The molecule has 0 radical (unpaired) electrons.